The van der Waals surface area contributed by atoms with Crippen LogP contribution in [0.2, 0.25) is 0 Å². The van der Waals surface area contributed by atoms with Crippen molar-refractivity contribution in [1.82, 2.24) is 14.9 Å². The number of hydrogen-bond donors (Lipinski definition) is 1. The van der Waals surface area contributed by atoms with Gasteiger partial charge in [0.15, 0.2) is 0 Å². The van der Waals surface area contributed by atoms with E-state index in [9.17, 15) is 5.11 Å². The average Bonchev–Trinajstić information content (AvgIpc) is 2.60. The summed E-state index contributed by atoms with van der Waals surface area (Å²) in [4.78, 5) is 10.7. The third-order valence-corrected chi connectivity index (χ3v) is 4.23. The topological polar surface area (TPSA) is 67.7 Å². The number of aliphatic hydroxyl groups is 1. The Morgan fingerprint density at radius 2 is 2.12 bits per heavy atom. The van der Waals surface area contributed by atoms with E-state index in [-0.39, 0.29) is 6.61 Å². The average molecular weight is 329 g/mol. The van der Waals surface area contributed by atoms with Crippen LogP contribution >= 0.6 is 0 Å². The van der Waals surface area contributed by atoms with Gasteiger partial charge in [0.25, 0.3) is 0 Å². The molecule has 3 rings (SSSR count). The standard InChI is InChI=1S/C18H23N3O3/c1-13-5-3-4-6-17(13)24-11-14(22)9-21-8-7-16-15(10-21)18(23-2)20-12-19-16/h3-6,12,14,22H,7-11H2,1-2H3. The summed E-state index contributed by atoms with van der Waals surface area (Å²) in [6, 6.07) is 7.82. The first-order valence-corrected chi connectivity index (χ1v) is 8.13. The Kier molecular flexibility index (Phi) is 5.27. The Hall–Kier alpha value is -2.18. The second kappa shape index (κ2) is 7.59. The monoisotopic (exact) mass is 329 g/mol. The molecule has 2 aromatic rings. The molecule has 1 atom stereocenters. The molecule has 1 aliphatic rings. The molecule has 0 spiro atoms. The number of nitrogens with zero attached hydrogens (tertiary/aromatic N) is 3. The number of aryl methyl sites for hydroxylation is 1. The van der Waals surface area contributed by atoms with Gasteiger partial charge in [-0.25, -0.2) is 9.97 Å². The van der Waals surface area contributed by atoms with Crippen LogP contribution in [-0.2, 0) is 13.0 Å². The van der Waals surface area contributed by atoms with Gasteiger partial charge in [-0.3, -0.25) is 4.90 Å². The van der Waals surface area contributed by atoms with Crippen molar-refractivity contribution in [3.05, 3.63) is 47.4 Å². The van der Waals surface area contributed by atoms with Crippen LogP contribution in [0.3, 0.4) is 0 Å². The maximum Gasteiger partial charge on any atom is 0.220 e. The van der Waals surface area contributed by atoms with Gasteiger partial charge in [0.1, 0.15) is 24.8 Å². The van der Waals surface area contributed by atoms with Crippen molar-refractivity contribution < 1.29 is 14.6 Å². The van der Waals surface area contributed by atoms with Crippen LogP contribution in [0.15, 0.2) is 30.6 Å². The van der Waals surface area contributed by atoms with Crippen molar-refractivity contribution in [2.75, 3.05) is 26.8 Å². The lowest BCUT2D eigenvalue weighted by atomic mass is 10.1. The van der Waals surface area contributed by atoms with Gasteiger partial charge in [0.05, 0.1) is 12.8 Å². The maximum atomic E-state index is 10.3. The summed E-state index contributed by atoms with van der Waals surface area (Å²) in [7, 11) is 1.62. The molecule has 1 aromatic carbocycles. The molecular weight excluding hydrogens is 306 g/mol. The minimum atomic E-state index is -0.554. The lowest BCUT2D eigenvalue weighted by Crippen LogP contribution is -2.39. The third kappa shape index (κ3) is 3.83. The van der Waals surface area contributed by atoms with E-state index in [1.54, 1.807) is 7.11 Å². The molecule has 6 nitrogen and oxygen atoms in total. The molecule has 128 valence electrons. The zero-order chi connectivity index (χ0) is 16.9. The summed E-state index contributed by atoms with van der Waals surface area (Å²) in [6.45, 7) is 4.35. The van der Waals surface area contributed by atoms with E-state index in [2.05, 4.69) is 14.9 Å². The Labute approximate surface area is 142 Å². The Balaban J connectivity index is 1.56. The fraction of sp³-hybridized carbons (Fsp3) is 0.444. The highest BCUT2D eigenvalue weighted by Crippen LogP contribution is 2.24. The van der Waals surface area contributed by atoms with Crippen molar-refractivity contribution >= 4 is 0 Å². The molecule has 1 aromatic heterocycles. The van der Waals surface area contributed by atoms with E-state index < -0.39 is 6.10 Å². The number of para-hydroxylation sites is 1. The van der Waals surface area contributed by atoms with Crippen molar-refractivity contribution in [3.8, 4) is 11.6 Å². The molecule has 0 bridgehead atoms. The van der Waals surface area contributed by atoms with Gasteiger partial charge in [0, 0.05) is 31.6 Å². The lowest BCUT2D eigenvalue weighted by molar-refractivity contribution is 0.0628. The van der Waals surface area contributed by atoms with Crippen molar-refractivity contribution in [2.45, 2.75) is 26.0 Å². The summed E-state index contributed by atoms with van der Waals surface area (Å²) < 4.78 is 11.0. The number of β-amino-alcohol motifs (C(OH)–C–C–N with tert-alkyl or cyclic N) is 1. The zero-order valence-electron chi connectivity index (χ0n) is 14.1. The summed E-state index contributed by atoms with van der Waals surface area (Å²) >= 11 is 0. The molecule has 1 aliphatic heterocycles. The van der Waals surface area contributed by atoms with Crippen LogP contribution < -0.4 is 9.47 Å². The Morgan fingerprint density at radius 1 is 1.29 bits per heavy atom. The zero-order valence-corrected chi connectivity index (χ0v) is 14.1. The summed E-state index contributed by atoms with van der Waals surface area (Å²) in [6.07, 6.45) is 1.82. The highest BCUT2D eigenvalue weighted by atomic mass is 16.5. The van der Waals surface area contributed by atoms with Crippen LogP contribution in [0, 0.1) is 6.92 Å². The van der Waals surface area contributed by atoms with Crippen molar-refractivity contribution in [3.63, 3.8) is 0 Å². The molecular formula is C18H23N3O3. The number of methoxy groups -OCH3 is 1. The van der Waals surface area contributed by atoms with Crippen LogP contribution in [0.25, 0.3) is 0 Å². The highest BCUT2D eigenvalue weighted by Gasteiger charge is 2.23. The maximum absolute atomic E-state index is 10.3. The van der Waals surface area contributed by atoms with Crippen LogP contribution in [0.1, 0.15) is 16.8 Å². The predicted octanol–water partition coefficient (Wildman–Crippen LogP) is 1.59. The fourth-order valence-corrected chi connectivity index (χ4v) is 2.96. The van der Waals surface area contributed by atoms with Crippen LogP contribution in [-0.4, -0.2) is 52.9 Å². The molecule has 1 unspecified atom stereocenters. The lowest BCUT2D eigenvalue weighted by Gasteiger charge is -2.30. The smallest absolute Gasteiger partial charge is 0.220 e. The molecule has 1 N–H and O–H groups in total. The number of aliphatic hydroxyl groups excluding tert-OH is 1. The van der Waals surface area contributed by atoms with Crippen molar-refractivity contribution in [2.24, 2.45) is 0 Å². The van der Waals surface area contributed by atoms with Gasteiger partial charge < -0.3 is 14.6 Å². The first kappa shape index (κ1) is 16.7. The molecule has 0 radical (unpaired) electrons. The van der Waals surface area contributed by atoms with E-state index in [1.165, 1.54) is 6.33 Å². The SMILES string of the molecule is COc1ncnc2c1CN(CC(O)COc1ccccc1C)CC2. The molecule has 0 amide bonds. The van der Waals surface area contributed by atoms with E-state index in [1.807, 2.05) is 31.2 Å². The largest absolute Gasteiger partial charge is 0.491 e. The number of rotatable bonds is 6. The number of benzene rings is 1. The van der Waals surface area contributed by atoms with Gasteiger partial charge in [-0.1, -0.05) is 18.2 Å². The molecule has 0 saturated heterocycles. The molecule has 24 heavy (non-hydrogen) atoms. The molecule has 0 saturated carbocycles. The first-order valence-electron chi connectivity index (χ1n) is 8.13. The van der Waals surface area contributed by atoms with E-state index in [0.717, 1.165) is 35.5 Å². The first-order chi connectivity index (χ1) is 11.7. The second-order valence-corrected chi connectivity index (χ2v) is 6.02. The number of aromatic nitrogens is 2. The van der Waals surface area contributed by atoms with Crippen LogP contribution in [0.5, 0.6) is 11.6 Å². The summed E-state index contributed by atoms with van der Waals surface area (Å²) in [5, 5.41) is 10.3. The van der Waals surface area contributed by atoms with Gasteiger partial charge in [-0.15, -0.1) is 0 Å². The Morgan fingerprint density at radius 3 is 2.92 bits per heavy atom. The van der Waals surface area contributed by atoms with E-state index >= 15 is 0 Å². The molecule has 2 heterocycles. The van der Waals surface area contributed by atoms with Gasteiger partial charge in [-0.2, -0.15) is 0 Å². The van der Waals surface area contributed by atoms with Gasteiger partial charge >= 0.3 is 0 Å². The predicted molar refractivity (Wildman–Crippen MR) is 90.2 cm³/mol. The molecule has 6 heteroatoms. The second-order valence-electron chi connectivity index (χ2n) is 6.02. The molecule has 0 aliphatic carbocycles. The fourth-order valence-electron chi connectivity index (χ4n) is 2.96. The summed E-state index contributed by atoms with van der Waals surface area (Å²) in [5.41, 5.74) is 3.11. The summed E-state index contributed by atoms with van der Waals surface area (Å²) in [5.74, 6) is 1.44. The minimum Gasteiger partial charge on any atom is -0.491 e. The minimum absolute atomic E-state index is 0.274. The van der Waals surface area contributed by atoms with Gasteiger partial charge in [0.2, 0.25) is 5.88 Å². The van der Waals surface area contributed by atoms with Gasteiger partial charge in [-0.05, 0) is 18.6 Å². The van der Waals surface area contributed by atoms with Crippen molar-refractivity contribution in [1.29, 1.82) is 0 Å². The quantitative estimate of drug-likeness (QED) is 0.868. The van der Waals surface area contributed by atoms with E-state index in [4.69, 9.17) is 9.47 Å². The number of fused-ring (bicyclic) bond motifs is 1. The van der Waals surface area contributed by atoms with Crippen LogP contribution in [0.4, 0.5) is 0 Å². The molecule has 0 fully saturated rings. The Bertz CT molecular complexity index is 679. The highest BCUT2D eigenvalue weighted by molar-refractivity contribution is 5.32. The third-order valence-electron chi connectivity index (χ3n) is 4.23. The number of hydrogen-bond acceptors (Lipinski definition) is 6. The number of ether oxygens (including phenoxy) is 2. The normalized spacial score (nSPS) is 15.6. The van der Waals surface area contributed by atoms with E-state index in [0.29, 0.717) is 19.0 Å².